The van der Waals surface area contributed by atoms with Crippen LogP contribution in [0.2, 0.25) is 0 Å². The summed E-state index contributed by atoms with van der Waals surface area (Å²) in [5, 5.41) is 5.46. The number of thiophene rings is 1. The molecular weight excluding hydrogens is 310 g/mol. The van der Waals surface area contributed by atoms with Gasteiger partial charge in [0.15, 0.2) is 0 Å². The highest BCUT2D eigenvalue weighted by Gasteiger charge is 2.09. The number of hydrogen-bond acceptors (Lipinski definition) is 4. The summed E-state index contributed by atoms with van der Waals surface area (Å²) in [6.07, 6.45) is 3.45. The van der Waals surface area contributed by atoms with Crippen LogP contribution in [0.4, 0.5) is 0 Å². The Morgan fingerprint density at radius 1 is 1.30 bits per heavy atom. The van der Waals surface area contributed by atoms with Gasteiger partial charge in [0, 0.05) is 9.79 Å². The molecule has 0 radical (unpaired) electrons. The molecule has 0 spiro atoms. The molecule has 0 N–H and O–H groups in total. The SMILES string of the molecule is CCOC(=O)/C(=C/c1cc(CCc2ccccc2)cs1)N=[N+]=[N-]. The lowest BCUT2D eigenvalue weighted by Gasteiger charge is -2.00. The van der Waals surface area contributed by atoms with Gasteiger partial charge in [-0.05, 0) is 53.9 Å². The van der Waals surface area contributed by atoms with E-state index in [1.54, 1.807) is 13.0 Å². The number of nitrogens with zero attached hydrogens (tertiary/aromatic N) is 3. The molecule has 1 aromatic heterocycles. The molecule has 0 atom stereocenters. The summed E-state index contributed by atoms with van der Waals surface area (Å²) >= 11 is 1.51. The van der Waals surface area contributed by atoms with E-state index in [-0.39, 0.29) is 12.3 Å². The number of benzene rings is 1. The molecule has 0 saturated carbocycles. The molecule has 118 valence electrons. The maximum absolute atomic E-state index is 11.7. The number of hydrogen-bond donors (Lipinski definition) is 0. The molecule has 0 bridgehead atoms. The molecule has 2 aromatic rings. The lowest BCUT2D eigenvalue weighted by atomic mass is 10.1. The maximum Gasteiger partial charge on any atom is 0.340 e. The number of aryl methyl sites for hydroxylation is 2. The van der Waals surface area contributed by atoms with Crippen LogP contribution in [-0.2, 0) is 22.4 Å². The summed E-state index contributed by atoms with van der Waals surface area (Å²) in [5.41, 5.74) is 11.0. The quantitative estimate of drug-likeness (QED) is 0.242. The van der Waals surface area contributed by atoms with E-state index in [1.807, 2.05) is 29.6 Å². The van der Waals surface area contributed by atoms with Gasteiger partial charge in [0.25, 0.3) is 0 Å². The molecule has 0 aliphatic carbocycles. The van der Waals surface area contributed by atoms with Gasteiger partial charge in [-0.1, -0.05) is 35.4 Å². The van der Waals surface area contributed by atoms with Crippen molar-refractivity contribution in [1.82, 2.24) is 0 Å². The lowest BCUT2D eigenvalue weighted by molar-refractivity contribution is -0.138. The van der Waals surface area contributed by atoms with Crippen LogP contribution in [0, 0.1) is 0 Å². The van der Waals surface area contributed by atoms with E-state index < -0.39 is 5.97 Å². The van der Waals surface area contributed by atoms with Gasteiger partial charge in [-0.3, -0.25) is 0 Å². The first kappa shape index (κ1) is 16.8. The summed E-state index contributed by atoms with van der Waals surface area (Å²) in [6.45, 7) is 1.95. The van der Waals surface area contributed by atoms with Crippen molar-refractivity contribution in [1.29, 1.82) is 0 Å². The van der Waals surface area contributed by atoms with Crippen LogP contribution in [0.15, 0.2) is 52.6 Å². The first-order chi connectivity index (χ1) is 11.2. The van der Waals surface area contributed by atoms with Crippen molar-refractivity contribution in [2.45, 2.75) is 19.8 Å². The van der Waals surface area contributed by atoms with E-state index in [2.05, 4.69) is 22.2 Å². The normalized spacial score (nSPS) is 10.9. The van der Waals surface area contributed by atoms with Gasteiger partial charge in [0.1, 0.15) is 5.70 Å². The molecule has 0 fully saturated rings. The number of carbonyl (C=O) groups excluding carboxylic acids is 1. The largest absolute Gasteiger partial charge is 0.462 e. The van der Waals surface area contributed by atoms with Crippen LogP contribution in [0.5, 0.6) is 0 Å². The first-order valence-corrected chi connectivity index (χ1v) is 8.16. The highest BCUT2D eigenvalue weighted by atomic mass is 32.1. The summed E-state index contributed by atoms with van der Waals surface area (Å²) in [5.74, 6) is -0.607. The predicted octanol–water partition coefficient (Wildman–Crippen LogP) is 4.75. The Morgan fingerprint density at radius 2 is 2.04 bits per heavy atom. The molecule has 1 heterocycles. The van der Waals surface area contributed by atoms with E-state index >= 15 is 0 Å². The van der Waals surface area contributed by atoms with Gasteiger partial charge in [-0.25, -0.2) is 4.79 Å². The third-order valence-electron chi connectivity index (χ3n) is 3.14. The second-order valence-corrected chi connectivity index (χ2v) is 5.73. The number of carbonyl (C=O) groups is 1. The smallest absolute Gasteiger partial charge is 0.340 e. The van der Waals surface area contributed by atoms with E-state index in [0.717, 1.165) is 17.7 Å². The summed E-state index contributed by atoms with van der Waals surface area (Å²) in [6, 6.07) is 12.3. The molecule has 23 heavy (non-hydrogen) atoms. The number of esters is 1. The van der Waals surface area contributed by atoms with Crippen LogP contribution in [-0.4, -0.2) is 12.6 Å². The molecule has 2 rings (SSSR count). The summed E-state index contributed by atoms with van der Waals surface area (Å²) < 4.78 is 4.87. The summed E-state index contributed by atoms with van der Waals surface area (Å²) in [7, 11) is 0. The highest BCUT2D eigenvalue weighted by Crippen LogP contribution is 2.20. The molecule has 0 unspecified atom stereocenters. The van der Waals surface area contributed by atoms with E-state index in [1.165, 1.54) is 22.5 Å². The van der Waals surface area contributed by atoms with E-state index in [4.69, 9.17) is 10.3 Å². The fraction of sp³-hybridized carbons (Fsp3) is 0.235. The van der Waals surface area contributed by atoms with Gasteiger partial charge in [0.05, 0.1) is 6.61 Å². The topological polar surface area (TPSA) is 75.1 Å². The monoisotopic (exact) mass is 327 g/mol. The maximum atomic E-state index is 11.7. The predicted molar refractivity (Wildman–Crippen MR) is 91.9 cm³/mol. The molecule has 0 aliphatic heterocycles. The zero-order chi connectivity index (χ0) is 16.5. The molecule has 5 nitrogen and oxygen atoms in total. The van der Waals surface area contributed by atoms with Gasteiger partial charge < -0.3 is 4.74 Å². The second-order valence-electron chi connectivity index (χ2n) is 4.78. The van der Waals surface area contributed by atoms with Crippen molar-refractivity contribution in [3.63, 3.8) is 0 Å². The van der Waals surface area contributed by atoms with E-state index in [9.17, 15) is 4.79 Å². The Balaban J connectivity index is 2.06. The fourth-order valence-corrected chi connectivity index (χ4v) is 2.92. The molecule has 1 aromatic carbocycles. The van der Waals surface area contributed by atoms with Crippen LogP contribution >= 0.6 is 11.3 Å². The zero-order valence-electron chi connectivity index (χ0n) is 12.8. The Kier molecular flexibility index (Phi) is 6.41. The number of rotatable bonds is 7. The molecule has 6 heteroatoms. The van der Waals surface area contributed by atoms with Crippen molar-refractivity contribution in [3.8, 4) is 0 Å². The minimum Gasteiger partial charge on any atom is -0.462 e. The third-order valence-corrected chi connectivity index (χ3v) is 4.06. The molecular formula is C17H17N3O2S. The van der Waals surface area contributed by atoms with Crippen molar-refractivity contribution in [2.24, 2.45) is 5.11 Å². The first-order valence-electron chi connectivity index (χ1n) is 7.28. The fourth-order valence-electron chi connectivity index (χ4n) is 2.05. The van der Waals surface area contributed by atoms with Gasteiger partial charge >= 0.3 is 5.97 Å². The Morgan fingerprint density at radius 3 is 2.74 bits per heavy atom. The zero-order valence-corrected chi connectivity index (χ0v) is 13.6. The van der Waals surface area contributed by atoms with Crippen molar-refractivity contribution in [2.75, 3.05) is 6.61 Å². The van der Waals surface area contributed by atoms with Crippen LogP contribution in [0.25, 0.3) is 16.5 Å². The standard InChI is InChI=1S/C17H17N3O2S/c1-2-22-17(21)16(19-20-18)11-15-10-14(12-23-15)9-8-13-6-4-3-5-7-13/h3-7,10-12H,2,8-9H2,1H3/b16-11-. The minimum atomic E-state index is -0.607. The van der Waals surface area contributed by atoms with Crippen molar-refractivity contribution < 1.29 is 9.53 Å². The Hall–Kier alpha value is -2.56. The Labute approximate surface area is 138 Å². The average molecular weight is 327 g/mol. The van der Waals surface area contributed by atoms with Gasteiger partial charge in [-0.2, -0.15) is 0 Å². The average Bonchev–Trinajstić information content (AvgIpc) is 3.01. The van der Waals surface area contributed by atoms with E-state index in [0.29, 0.717) is 0 Å². The summed E-state index contributed by atoms with van der Waals surface area (Å²) in [4.78, 5) is 15.2. The second kappa shape index (κ2) is 8.78. The highest BCUT2D eigenvalue weighted by molar-refractivity contribution is 7.11. The number of azide groups is 1. The molecule has 0 amide bonds. The molecule has 0 saturated heterocycles. The van der Waals surface area contributed by atoms with Crippen LogP contribution in [0.3, 0.4) is 0 Å². The number of ether oxygens (including phenoxy) is 1. The van der Waals surface area contributed by atoms with Crippen LogP contribution < -0.4 is 0 Å². The Bertz CT molecular complexity index is 731. The third kappa shape index (κ3) is 5.29. The minimum absolute atomic E-state index is 0.0224. The van der Waals surface area contributed by atoms with Gasteiger partial charge in [0.2, 0.25) is 0 Å². The van der Waals surface area contributed by atoms with Crippen molar-refractivity contribution >= 4 is 23.4 Å². The van der Waals surface area contributed by atoms with Crippen LogP contribution in [0.1, 0.15) is 22.9 Å². The lowest BCUT2D eigenvalue weighted by Crippen LogP contribution is -2.05. The van der Waals surface area contributed by atoms with Gasteiger partial charge in [-0.15, -0.1) is 11.3 Å². The molecule has 0 aliphatic rings. The van der Waals surface area contributed by atoms with Crippen molar-refractivity contribution in [3.05, 3.63) is 73.9 Å².